The highest BCUT2D eigenvalue weighted by Gasteiger charge is 2.25. The van der Waals surface area contributed by atoms with Crippen molar-refractivity contribution in [2.45, 2.75) is 18.2 Å². The van der Waals surface area contributed by atoms with Crippen molar-refractivity contribution in [3.8, 4) is 0 Å². The first-order chi connectivity index (χ1) is 7.22. The summed E-state index contributed by atoms with van der Waals surface area (Å²) in [6.45, 7) is 1.89. The van der Waals surface area contributed by atoms with Gasteiger partial charge in [0.05, 0.1) is 4.92 Å². The van der Waals surface area contributed by atoms with E-state index in [2.05, 4.69) is 20.8 Å². The molecule has 1 aromatic rings. The zero-order valence-electron chi connectivity index (χ0n) is 8.11. The van der Waals surface area contributed by atoms with Crippen molar-refractivity contribution in [1.82, 2.24) is 0 Å². The number of hydrogen-bond acceptors (Lipinski definition) is 4. The van der Waals surface area contributed by atoms with Gasteiger partial charge in [0.1, 0.15) is 5.69 Å². The third kappa shape index (κ3) is 2.15. The molecule has 6 heteroatoms. The minimum Gasteiger partial charge on any atom is -0.365 e. The summed E-state index contributed by atoms with van der Waals surface area (Å²) in [4.78, 5) is 13.7. The van der Waals surface area contributed by atoms with Gasteiger partial charge in [0.25, 0.3) is 0 Å². The monoisotopic (exact) mass is 290 g/mol. The summed E-state index contributed by atoms with van der Waals surface area (Å²) in [6, 6.07) is 1.93. The SMILES string of the molecule is O=[N+]([O-])c1sc(CBr)cc1N1CCCC1. The summed E-state index contributed by atoms with van der Waals surface area (Å²) in [5.74, 6) is 0. The van der Waals surface area contributed by atoms with Crippen LogP contribution < -0.4 is 4.90 Å². The van der Waals surface area contributed by atoms with Gasteiger partial charge < -0.3 is 4.90 Å². The van der Waals surface area contributed by atoms with E-state index in [1.807, 2.05) is 6.07 Å². The first kappa shape index (κ1) is 10.9. The van der Waals surface area contributed by atoms with Gasteiger partial charge in [-0.3, -0.25) is 10.1 Å². The van der Waals surface area contributed by atoms with Gasteiger partial charge in [0.15, 0.2) is 0 Å². The Morgan fingerprint density at radius 2 is 2.20 bits per heavy atom. The molecule has 1 aliphatic rings. The van der Waals surface area contributed by atoms with Crippen LogP contribution in [0, 0.1) is 10.1 Å². The predicted octanol–water partition coefficient (Wildman–Crippen LogP) is 3.15. The maximum absolute atomic E-state index is 10.9. The Labute approximate surface area is 100 Å². The molecule has 4 nitrogen and oxygen atoms in total. The molecule has 0 atom stereocenters. The van der Waals surface area contributed by atoms with Gasteiger partial charge in [-0.1, -0.05) is 27.3 Å². The number of thiophene rings is 1. The number of nitro groups is 1. The summed E-state index contributed by atoms with van der Waals surface area (Å²) >= 11 is 4.60. The molecule has 0 aromatic carbocycles. The summed E-state index contributed by atoms with van der Waals surface area (Å²) in [5.41, 5.74) is 0.803. The molecule has 15 heavy (non-hydrogen) atoms. The second kappa shape index (κ2) is 4.49. The molecule has 0 N–H and O–H groups in total. The third-order valence-electron chi connectivity index (χ3n) is 2.49. The number of rotatable bonds is 3. The van der Waals surface area contributed by atoms with Crippen LogP contribution in [0.3, 0.4) is 0 Å². The average Bonchev–Trinajstić information content (AvgIpc) is 2.86. The molecule has 1 fully saturated rings. The van der Waals surface area contributed by atoms with Crippen molar-refractivity contribution in [2.24, 2.45) is 0 Å². The molecule has 1 aromatic heterocycles. The molecule has 0 radical (unpaired) electrons. The lowest BCUT2D eigenvalue weighted by molar-refractivity contribution is -0.379. The van der Waals surface area contributed by atoms with Crippen LogP contribution in [0.25, 0.3) is 0 Å². The maximum Gasteiger partial charge on any atom is 0.347 e. The van der Waals surface area contributed by atoms with Crippen LogP contribution in [0.4, 0.5) is 10.7 Å². The zero-order valence-corrected chi connectivity index (χ0v) is 10.5. The van der Waals surface area contributed by atoms with Crippen LogP contribution in [0.15, 0.2) is 6.07 Å². The maximum atomic E-state index is 10.9. The van der Waals surface area contributed by atoms with E-state index in [0.29, 0.717) is 5.33 Å². The molecule has 1 aliphatic heterocycles. The Kier molecular flexibility index (Phi) is 3.25. The first-order valence-corrected chi connectivity index (χ1v) is 6.74. The van der Waals surface area contributed by atoms with Crippen LogP contribution in [0.2, 0.25) is 0 Å². The molecule has 82 valence electrons. The quantitative estimate of drug-likeness (QED) is 0.488. The fourth-order valence-corrected chi connectivity index (χ4v) is 3.15. The summed E-state index contributed by atoms with van der Waals surface area (Å²) < 4.78 is 0. The molecular weight excluding hydrogens is 280 g/mol. The second-order valence-electron chi connectivity index (χ2n) is 3.49. The molecule has 0 unspecified atom stereocenters. The second-order valence-corrected chi connectivity index (χ2v) is 5.16. The van der Waals surface area contributed by atoms with Gasteiger partial charge in [0.2, 0.25) is 0 Å². The molecule has 2 rings (SSSR count). The highest BCUT2D eigenvalue weighted by molar-refractivity contribution is 9.08. The van der Waals surface area contributed by atoms with E-state index < -0.39 is 0 Å². The molecule has 1 saturated heterocycles. The van der Waals surface area contributed by atoms with E-state index in [1.54, 1.807) is 0 Å². The molecule has 2 heterocycles. The molecular formula is C9H11BrN2O2S. The van der Waals surface area contributed by atoms with E-state index >= 15 is 0 Å². The first-order valence-electron chi connectivity index (χ1n) is 4.80. The van der Waals surface area contributed by atoms with Crippen LogP contribution >= 0.6 is 27.3 Å². The van der Waals surface area contributed by atoms with Crippen molar-refractivity contribution in [3.05, 3.63) is 21.1 Å². The highest BCUT2D eigenvalue weighted by Crippen LogP contribution is 2.39. The standard InChI is InChI=1S/C9H11BrN2O2S/c10-6-7-5-8(9(15-7)12(13)14)11-3-1-2-4-11/h5H,1-4,6H2. The molecule has 0 aliphatic carbocycles. The minimum absolute atomic E-state index is 0.273. The molecule has 0 bridgehead atoms. The Balaban J connectivity index is 2.34. The van der Waals surface area contributed by atoms with Gasteiger partial charge in [-0.25, -0.2) is 0 Å². The minimum atomic E-state index is -0.273. The Bertz CT molecular complexity index is 374. The van der Waals surface area contributed by atoms with Crippen molar-refractivity contribution < 1.29 is 4.92 Å². The van der Waals surface area contributed by atoms with Crippen molar-refractivity contribution in [3.63, 3.8) is 0 Å². The summed E-state index contributed by atoms with van der Waals surface area (Å²) in [7, 11) is 0. The van der Waals surface area contributed by atoms with E-state index in [-0.39, 0.29) is 9.92 Å². The average molecular weight is 291 g/mol. The lowest BCUT2D eigenvalue weighted by atomic mass is 10.4. The van der Waals surface area contributed by atoms with Crippen molar-refractivity contribution in [1.29, 1.82) is 0 Å². The highest BCUT2D eigenvalue weighted by atomic mass is 79.9. The number of hydrogen-bond donors (Lipinski definition) is 0. The summed E-state index contributed by atoms with van der Waals surface area (Å²) in [5, 5.41) is 11.9. The van der Waals surface area contributed by atoms with Gasteiger partial charge in [-0.2, -0.15) is 0 Å². The predicted molar refractivity (Wildman–Crippen MR) is 65.1 cm³/mol. The van der Waals surface area contributed by atoms with Gasteiger partial charge in [-0.15, -0.1) is 0 Å². The van der Waals surface area contributed by atoms with Gasteiger partial charge in [0, 0.05) is 23.3 Å². The van der Waals surface area contributed by atoms with Crippen LogP contribution in [-0.2, 0) is 5.33 Å². The number of anilines is 1. The van der Waals surface area contributed by atoms with Crippen LogP contribution in [0.5, 0.6) is 0 Å². The molecule has 0 saturated carbocycles. The Morgan fingerprint density at radius 1 is 1.53 bits per heavy atom. The smallest absolute Gasteiger partial charge is 0.347 e. The fourth-order valence-electron chi connectivity index (χ4n) is 1.80. The number of nitrogens with zero attached hydrogens (tertiary/aromatic N) is 2. The van der Waals surface area contributed by atoms with E-state index in [1.165, 1.54) is 11.3 Å². The Morgan fingerprint density at radius 3 is 2.73 bits per heavy atom. The van der Waals surface area contributed by atoms with Crippen molar-refractivity contribution >= 4 is 38.0 Å². The van der Waals surface area contributed by atoms with Crippen LogP contribution in [0.1, 0.15) is 17.7 Å². The zero-order chi connectivity index (χ0) is 10.8. The van der Waals surface area contributed by atoms with Gasteiger partial charge >= 0.3 is 5.00 Å². The topological polar surface area (TPSA) is 46.4 Å². The van der Waals surface area contributed by atoms with Crippen molar-refractivity contribution in [2.75, 3.05) is 18.0 Å². The summed E-state index contributed by atoms with van der Waals surface area (Å²) in [6.07, 6.45) is 2.27. The van der Waals surface area contributed by atoms with Crippen LogP contribution in [-0.4, -0.2) is 18.0 Å². The fraction of sp³-hybridized carbons (Fsp3) is 0.556. The lowest BCUT2D eigenvalue weighted by Gasteiger charge is -2.14. The van der Waals surface area contributed by atoms with E-state index in [9.17, 15) is 10.1 Å². The largest absolute Gasteiger partial charge is 0.365 e. The molecule has 0 spiro atoms. The van der Waals surface area contributed by atoms with Gasteiger partial charge in [-0.05, 0) is 18.9 Å². The molecule has 0 amide bonds. The normalized spacial score (nSPS) is 15.9. The Hall–Kier alpha value is -0.620. The van der Waals surface area contributed by atoms with E-state index in [4.69, 9.17) is 0 Å². The number of halogens is 1. The third-order valence-corrected chi connectivity index (χ3v) is 4.54. The van der Waals surface area contributed by atoms with E-state index in [0.717, 1.165) is 36.5 Å². The lowest BCUT2D eigenvalue weighted by Crippen LogP contribution is -2.17. The number of alkyl halides is 1.